The number of imide groups is 1. The summed E-state index contributed by atoms with van der Waals surface area (Å²) in [5.74, 6) is 2.29. The number of hydrogen-bond acceptors (Lipinski definition) is 10. The molecule has 42 heavy (non-hydrogen) atoms. The van der Waals surface area contributed by atoms with E-state index in [4.69, 9.17) is 14.5 Å². The molecule has 3 aliphatic rings. The number of carbonyl (C=O) groups is 2. The minimum atomic E-state index is -0.388. The van der Waals surface area contributed by atoms with E-state index in [1.165, 1.54) is 0 Å². The summed E-state index contributed by atoms with van der Waals surface area (Å²) in [4.78, 5) is 40.0. The van der Waals surface area contributed by atoms with Crippen molar-refractivity contribution in [1.82, 2.24) is 25.6 Å². The number of piperidine rings is 1. The van der Waals surface area contributed by atoms with Crippen LogP contribution in [0.2, 0.25) is 0 Å². The van der Waals surface area contributed by atoms with Crippen molar-refractivity contribution in [3.63, 3.8) is 0 Å². The first-order valence-electron chi connectivity index (χ1n) is 13.9. The number of para-hydroxylation sites is 1. The molecule has 7 rings (SSSR count). The van der Waals surface area contributed by atoms with Crippen LogP contribution in [0.25, 0.3) is 28.2 Å². The van der Waals surface area contributed by atoms with Gasteiger partial charge >= 0.3 is 0 Å². The number of ether oxygens (including phenoxy) is 2. The van der Waals surface area contributed by atoms with Crippen molar-refractivity contribution < 1.29 is 19.1 Å². The van der Waals surface area contributed by atoms with Crippen LogP contribution in [0.5, 0.6) is 11.5 Å². The van der Waals surface area contributed by atoms with E-state index < -0.39 is 0 Å². The van der Waals surface area contributed by atoms with Gasteiger partial charge in [-0.05, 0) is 85.1 Å². The number of carbonyl (C=O) groups excluding carboxylic acids is 2. The highest BCUT2D eigenvalue weighted by Gasteiger charge is 2.26. The number of pyridine rings is 1. The normalized spacial score (nSPS) is 17.8. The molecule has 11 heteroatoms. The van der Waals surface area contributed by atoms with Crippen molar-refractivity contribution in [1.29, 1.82) is 0 Å². The summed E-state index contributed by atoms with van der Waals surface area (Å²) in [5, 5.41) is 6.71. The molecule has 4 aromatic rings. The van der Waals surface area contributed by atoms with Gasteiger partial charge in [-0.25, -0.2) is 15.0 Å². The molecule has 10 nitrogen and oxygen atoms in total. The van der Waals surface area contributed by atoms with E-state index in [2.05, 4.69) is 37.6 Å². The Hall–Kier alpha value is -4.48. The van der Waals surface area contributed by atoms with Gasteiger partial charge in [0.05, 0.1) is 21.8 Å². The first kappa shape index (κ1) is 26.4. The lowest BCUT2D eigenvalue weighted by molar-refractivity contribution is -0.115. The van der Waals surface area contributed by atoms with Gasteiger partial charge in [0.25, 0.3) is 11.1 Å². The van der Waals surface area contributed by atoms with Crippen LogP contribution in [0.3, 0.4) is 0 Å². The van der Waals surface area contributed by atoms with Crippen molar-refractivity contribution >= 4 is 45.8 Å². The van der Waals surface area contributed by atoms with Gasteiger partial charge in [-0.2, -0.15) is 0 Å². The second-order valence-corrected chi connectivity index (χ2v) is 11.5. The molecule has 0 saturated carbocycles. The van der Waals surface area contributed by atoms with Gasteiger partial charge in [-0.15, -0.1) is 0 Å². The maximum Gasteiger partial charge on any atom is 0.290 e. The molecule has 0 radical (unpaired) electrons. The number of fused-ring (bicyclic) bond motifs is 2. The lowest BCUT2D eigenvalue weighted by Crippen LogP contribution is -2.38. The molecule has 2 N–H and O–H groups in total. The summed E-state index contributed by atoms with van der Waals surface area (Å²) in [5.41, 5.74) is 4.66. The predicted octanol–water partition coefficient (Wildman–Crippen LogP) is 4.75. The number of aromatic nitrogens is 3. The van der Waals surface area contributed by atoms with Crippen LogP contribution in [0.1, 0.15) is 24.1 Å². The zero-order valence-corrected chi connectivity index (χ0v) is 23.5. The third-order valence-electron chi connectivity index (χ3n) is 7.68. The van der Waals surface area contributed by atoms with Crippen LogP contribution in [0.15, 0.2) is 65.7 Å². The highest BCUT2D eigenvalue weighted by atomic mass is 32.2. The van der Waals surface area contributed by atoms with Crippen LogP contribution in [-0.2, 0) is 11.3 Å². The predicted molar refractivity (Wildman–Crippen MR) is 161 cm³/mol. The van der Waals surface area contributed by atoms with Gasteiger partial charge in [0.2, 0.25) is 12.7 Å². The van der Waals surface area contributed by atoms with Crippen LogP contribution in [-0.4, -0.2) is 52.5 Å². The molecule has 2 amide bonds. The molecule has 0 spiro atoms. The fourth-order valence-corrected chi connectivity index (χ4v) is 6.15. The lowest BCUT2D eigenvalue weighted by Gasteiger charge is -2.32. The van der Waals surface area contributed by atoms with Gasteiger partial charge in [0, 0.05) is 36.8 Å². The average Bonchev–Trinajstić information content (AvgIpc) is 3.61. The second-order valence-electron chi connectivity index (χ2n) is 10.5. The summed E-state index contributed by atoms with van der Waals surface area (Å²) in [6, 6.07) is 18.1. The minimum absolute atomic E-state index is 0.243. The molecule has 2 aromatic carbocycles. The van der Waals surface area contributed by atoms with Crippen LogP contribution < -0.4 is 25.0 Å². The molecule has 3 aliphatic heterocycles. The first-order valence-corrected chi connectivity index (χ1v) is 14.7. The first-order chi connectivity index (χ1) is 20.6. The molecule has 5 heterocycles. The summed E-state index contributed by atoms with van der Waals surface area (Å²) in [6.07, 6.45) is 5.35. The summed E-state index contributed by atoms with van der Waals surface area (Å²) in [7, 11) is 0. The van der Waals surface area contributed by atoms with Crippen molar-refractivity contribution in [2.45, 2.75) is 19.4 Å². The molecule has 2 saturated heterocycles. The molecule has 2 fully saturated rings. The standard InChI is InChI=1S/C31H28N6O4S/c38-29-27(42-31(39)36-29)15-23-7-10-33-30(34-23)37-11-8-19(9-12-37)16-32-17-22-13-20-3-1-2-4-24(20)35-28(22)21-5-6-25-26(14-21)41-18-40-25/h1-7,10,13-15,19,32H,8-9,11-12,16-18H2,(H,36,38,39)/b27-15+. The Labute approximate surface area is 246 Å². The summed E-state index contributed by atoms with van der Waals surface area (Å²) >= 11 is 0.887. The number of nitrogens with one attached hydrogen (secondary N) is 2. The molecule has 0 atom stereocenters. The zero-order chi connectivity index (χ0) is 28.5. The maximum atomic E-state index is 11.9. The fourth-order valence-electron chi connectivity index (χ4n) is 5.49. The number of anilines is 1. The van der Waals surface area contributed by atoms with E-state index in [0.29, 0.717) is 29.0 Å². The van der Waals surface area contributed by atoms with Gasteiger partial charge in [0.15, 0.2) is 11.5 Å². The number of thioether (sulfide) groups is 1. The van der Waals surface area contributed by atoms with E-state index in [1.807, 2.05) is 36.4 Å². The largest absolute Gasteiger partial charge is 0.454 e. The van der Waals surface area contributed by atoms with Gasteiger partial charge in [-0.1, -0.05) is 18.2 Å². The average molecular weight is 581 g/mol. The smallest absolute Gasteiger partial charge is 0.290 e. The summed E-state index contributed by atoms with van der Waals surface area (Å²) < 4.78 is 11.1. The molecule has 0 aliphatic carbocycles. The minimum Gasteiger partial charge on any atom is -0.454 e. The Morgan fingerprint density at radius 2 is 1.88 bits per heavy atom. The number of rotatable bonds is 7. The number of benzene rings is 2. The second kappa shape index (κ2) is 11.4. The third-order valence-corrected chi connectivity index (χ3v) is 8.49. The van der Waals surface area contributed by atoms with E-state index >= 15 is 0 Å². The molecule has 0 unspecified atom stereocenters. The van der Waals surface area contributed by atoms with E-state index in [0.717, 1.165) is 83.5 Å². The van der Waals surface area contributed by atoms with E-state index in [-0.39, 0.29) is 17.9 Å². The van der Waals surface area contributed by atoms with Crippen LogP contribution in [0.4, 0.5) is 10.7 Å². The van der Waals surface area contributed by atoms with E-state index in [1.54, 1.807) is 18.3 Å². The number of amides is 2. The summed E-state index contributed by atoms with van der Waals surface area (Å²) in [6.45, 7) is 3.54. The zero-order valence-electron chi connectivity index (χ0n) is 22.7. The molecular formula is C31H28N6O4S. The van der Waals surface area contributed by atoms with Crippen molar-refractivity contribution in [2.24, 2.45) is 5.92 Å². The monoisotopic (exact) mass is 580 g/mol. The number of hydrogen-bond donors (Lipinski definition) is 2. The van der Waals surface area contributed by atoms with Crippen LogP contribution >= 0.6 is 11.8 Å². The SMILES string of the molecule is O=C1NC(=O)/C(=C\c2ccnc(N3CCC(CNCc4cc5ccccc5nc4-c4ccc5c(c4)OCO5)CC3)n2)S1. The Kier molecular flexibility index (Phi) is 7.18. The molecule has 212 valence electrons. The highest BCUT2D eigenvalue weighted by Crippen LogP contribution is 2.37. The van der Waals surface area contributed by atoms with Crippen molar-refractivity contribution in [2.75, 3.05) is 31.3 Å². The maximum absolute atomic E-state index is 11.9. The Morgan fingerprint density at radius 1 is 1.02 bits per heavy atom. The molecular weight excluding hydrogens is 552 g/mol. The lowest BCUT2D eigenvalue weighted by atomic mass is 9.96. The Morgan fingerprint density at radius 3 is 2.74 bits per heavy atom. The van der Waals surface area contributed by atoms with Gasteiger partial charge < -0.3 is 19.7 Å². The van der Waals surface area contributed by atoms with Crippen molar-refractivity contribution in [3.05, 3.63) is 77.0 Å². The van der Waals surface area contributed by atoms with Crippen LogP contribution in [0, 0.1) is 5.92 Å². The van der Waals surface area contributed by atoms with Crippen molar-refractivity contribution in [3.8, 4) is 22.8 Å². The van der Waals surface area contributed by atoms with Gasteiger partial charge in [-0.3, -0.25) is 14.9 Å². The third kappa shape index (κ3) is 5.53. The Bertz CT molecular complexity index is 1720. The molecule has 0 bridgehead atoms. The quantitative estimate of drug-likeness (QED) is 0.297. The van der Waals surface area contributed by atoms with Gasteiger partial charge in [0.1, 0.15) is 0 Å². The fraction of sp³-hybridized carbons (Fsp3) is 0.258. The number of nitrogens with zero attached hydrogens (tertiary/aromatic N) is 4. The Balaban J connectivity index is 0.995. The highest BCUT2D eigenvalue weighted by molar-refractivity contribution is 8.18. The molecule has 2 aromatic heterocycles. The van der Waals surface area contributed by atoms with E-state index in [9.17, 15) is 9.59 Å². The topological polar surface area (TPSA) is 119 Å².